The first-order valence-electron chi connectivity index (χ1n) is 5.51. The summed E-state index contributed by atoms with van der Waals surface area (Å²) >= 11 is 14.5. The highest BCUT2D eigenvalue weighted by Crippen LogP contribution is 2.29. The molecule has 1 atom stereocenters. The van der Waals surface area contributed by atoms with Crippen LogP contribution in [0.15, 0.2) is 17.0 Å². The predicted molar refractivity (Wildman–Crippen MR) is 79.2 cm³/mol. The SMILES string of the molecule is CC(CCCBr)NS(=O)(=O)c1ccc(Cl)c(F)c1Cl. The number of alkyl halides is 1. The molecule has 108 valence electrons. The fourth-order valence-electron chi connectivity index (χ4n) is 1.49. The van der Waals surface area contributed by atoms with Gasteiger partial charge in [-0.05, 0) is 31.9 Å². The van der Waals surface area contributed by atoms with E-state index in [2.05, 4.69) is 20.7 Å². The third-order valence-corrected chi connectivity index (χ3v) is 5.38. The predicted octanol–water partition coefficient (Wildman–Crippen LogP) is 3.97. The van der Waals surface area contributed by atoms with Gasteiger partial charge in [-0.15, -0.1) is 0 Å². The summed E-state index contributed by atoms with van der Waals surface area (Å²) in [6, 6.07) is 2.09. The third kappa shape index (κ3) is 4.56. The van der Waals surface area contributed by atoms with Crippen LogP contribution < -0.4 is 4.72 Å². The number of halogens is 4. The number of hydrogen-bond acceptors (Lipinski definition) is 2. The van der Waals surface area contributed by atoms with Crippen molar-refractivity contribution in [2.45, 2.75) is 30.7 Å². The van der Waals surface area contributed by atoms with Gasteiger partial charge in [-0.25, -0.2) is 17.5 Å². The molecule has 0 saturated heterocycles. The molecule has 0 saturated carbocycles. The lowest BCUT2D eigenvalue weighted by atomic mass is 10.2. The maximum Gasteiger partial charge on any atom is 0.242 e. The van der Waals surface area contributed by atoms with Gasteiger partial charge in [0.15, 0.2) is 5.82 Å². The molecule has 0 aliphatic heterocycles. The van der Waals surface area contributed by atoms with Gasteiger partial charge in [-0.2, -0.15) is 0 Å². The minimum Gasteiger partial charge on any atom is -0.208 e. The highest BCUT2D eigenvalue weighted by molar-refractivity contribution is 9.09. The van der Waals surface area contributed by atoms with Crippen LogP contribution in [0.2, 0.25) is 10.0 Å². The Morgan fingerprint density at radius 2 is 2.05 bits per heavy atom. The molecule has 0 aromatic heterocycles. The second-order valence-electron chi connectivity index (χ2n) is 4.03. The van der Waals surface area contributed by atoms with Gasteiger partial charge in [0.05, 0.1) is 10.0 Å². The summed E-state index contributed by atoms with van der Waals surface area (Å²) < 4.78 is 40.1. The van der Waals surface area contributed by atoms with Crippen molar-refractivity contribution in [3.8, 4) is 0 Å². The van der Waals surface area contributed by atoms with E-state index in [9.17, 15) is 12.8 Å². The van der Waals surface area contributed by atoms with E-state index in [1.165, 1.54) is 12.1 Å². The van der Waals surface area contributed by atoms with Gasteiger partial charge in [0.25, 0.3) is 0 Å². The minimum absolute atomic E-state index is 0.212. The van der Waals surface area contributed by atoms with Crippen molar-refractivity contribution >= 4 is 49.2 Å². The fraction of sp³-hybridized carbons (Fsp3) is 0.455. The van der Waals surface area contributed by atoms with Crippen LogP contribution >= 0.6 is 39.1 Å². The molecule has 0 fully saturated rings. The van der Waals surface area contributed by atoms with Gasteiger partial charge in [-0.1, -0.05) is 39.1 Å². The van der Waals surface area contributed by atoms with Gasteiger partial charge < -0.3 is 0 Å². The van der Waals surface area contributed by atoms with Crippen molar-refractivity contribution in [1.29, 1.82) is 0 Å². The molecular weight excluding hydrogens is 380 g/mol. The quantitative estimate of drug-likeness (QED) is 0.587. The van der Waals surface area contributed by atoms with Crippen LogP contribution in [-0.4, -0.2) is 19.8 Å². The molecule has 1 aromatic carbocycles. The van der Waals surface area contributed by atoms with Crippen LogP contribution in [0, 0.1) is 5.82 Å². The van der Waals surface area contributed by atoms with Crippen LogP contribution in [0.4, 0.5) is 4.39 Å². The van der Waals surface area contributed by atoms with Crippen LogP contribution in [0.3, 0.4) is 0 Å². The summed E-state index contributed by atoms with van der Waals surface area (Å²) in [7, 11) is -3.86. The number of sulfonamides is 1. The molecule has 1 unspecified atom stereocenters. The van der Waals surface area contributed by atoms with Crippen molar-refractivity contribution in [3.05, 3.63) is 28.0 Å². The summed E-state index contributed by atoms with van der Waals surface area (Å²) in [5.41, 5.74) is 0. The molecular formula is C11H13BrCl2FNO2S. The van der Waals surface area contributed by atoms with Crippen molar-refractivity contribution < 1.29 is 12.8 Å². The molecule has 19 heavy (non-hydrogen) atoms. The fourth-order valence-corrected chi connectivity index (χ4v) is 3.83. The Hall–Kier alpha value is 0.120. The van der Waals surface area contributed by atoms with Crippen LogP contribution in [0.25, 0.3) is 0 Å². The topological polar surface area (TPSA) is 46.2 Å². The zero-order valence-corrected chi connectivity index (χ0v) is 14.0. The van der Waals surface area contributed by atoms with Crippen molar-refractivity contribution in [1.82, 2.24) is 4.72 Å². The summed E-state index contributed by atoms with van der Waals surface area (Å²) in [5, 5.41) is 0.0825. The summed E-state index contributed by atoms with van der Waals surface area (Å²) in [6.07, 6.45) is 1.49. The summed E-state index contributed by atoms with van der Waals surface area (Å²) in [4.78, 5) is -0.304. The smallest absolute Gasteiger partial charge is 0.208 e. The Balaban J connectivity index is 2.98. The van der Waals surface area contributed by atoms with E-state index in [1.807, 2.05) is 0 Å². The average Bonchev–Trinajstić information content (AvgIpc) is 2.32. The Morgan fingerprint density at radius 3 is 2.63 bits per heavy atom. The molecule has 0 aliphatic carbocycles. The van der Waals surface area contributed by atoms with Crippen LogP contribution in [0.1, 0.15) is 19.8 Å². The zero-order valence-electron chi connectivity index (χ0n) is 10.1. The molecule has 0 bridgehead atoms. The van der Waals surface area contributed by atoms with Gasteiger partial charge in [0.2, 0.25) is 10.0 Å². The normalized spacial score (nSPS) is 13.5. The Bertz CT molecular complexity index is 554. The molecule has 3 nitrogen and oxygen atoms in total. The van der Waals surface area contributed by atoms with Gasteiger partial charge in [-0.3, -0.25) is 0 Å². The Kier molecular flexibility index (Phi) is 6.53. The molecule has 0 aliphatic rings. The second kappa shape index (κ2) is 7.22. The van der Waals surface area contributed by atoms with E-state index >= 15 is 0 Å². The number of nitrogens with one attached hydrogen (secondary N) is 1. The van der Waals surface area contributed by atoms with E-state index in [-0.39, 0.29) is 16.0 Å². The van der Waals surface area contributed by atoms with Crippen LogP contribution in [-0.2, 0) is 10.0 Å². The maximum atomic E-state index is 13.5. The average molecular weight is 393 g/mol. The molecule has 8 heteroatoms. The van der Waals surface area contributed by atoms with Crippen molar-refractivity contribution in [3.63, 3.8) is 0 Å². The molecule has 0 amide bonds. The molecule has 0 heterocycles. The number of rotatable bonds is 6. The molecule has 0 radical (unpaired) electrons. The molecule has 1 aromatic rings. The van der Waals surface area contributed by atoms with Crippen molar-refractivity contribution in [2.75, 3.05) is 5.33 Å². The van der Waals surface area contributed by atoms with Gasteiger partial charge in [0.1, 0.15) is 4.90 Å². The van der Waals surface area contributed by atoms with E-state index in [0.29, 0.717) is 6.42 Å². The zero-order chi connectivity index (χ0) is 14.6. The minimum atomic E-state index is -3.86. The maximum absolute atomic E-state index is 13.5. The summed E-state index contributed by atoms with van der Waals surface area (Å²) in [5.74, 6) is -0.931. The lowest BCUT2D eigenvalue weighted by molar-refractivity contribution is 0.543. The Morgan fingerprint density at radius 1 is 1.42 bits per heavy atom. The third-order valence-electron chi connectivity index (χ3n) is 2.42. The molecule has 0 spiro atoms. The number of benzene rings is 1. The summed E-state index contributed by atoms with van der Waals surface area (Å²) in [6.45, 7) is 1.74. The standard InChI is InChI=1S/C11H13BrCl2FNO2S/c1-7(3-2-6-12)16-19(17,18)9-5-4-8(13)11(15)10(9)14/h4-5,7,16H,2-3,6H2,1H3. The lowest BCUT2D eigenvalue weighted by Crippen LogP contribution is -2.32. The second-order valence-corrected chi connectivity index (χ2v) is 7.29. The van der Waals surface area contributed by atoms with Crippen molar-refractivity contribution in [2.24, 2.45) is 0 Å². The molecule has 1 rings (SSSR count). The van der Waals surface area contributed by atoms with E-state index in [4.69, 9.17) is 23.2 Å². The first-order valence-corrected chi connectivity index (χ1v) is 8.87. The monoisotopic (exact) mass is 391 g/mol. The first-order chi connectivity index (χ1) is 8.79. The van der Waals surface area contributed by atoms with Gasteiger partial charge in [0, 0.05) is 11.4 Å². The largest absolute Gasteiger partial charge is 0.242 e. The van der Waals surface area contributed by atoms with E-state index < -0.39 is 20.9 Å². The first kappa shape index (κ1) is 17.2. The molecule has 1 N–H and O–H groups in total. The highest BCUT2D eigenvalue weighted by atomic mass is 79.9. The Labute approximate surface area is 130 Å². The van der Waals surface area contributed by atoms with Crippen LogP contribution in [0.5, 0.6) is 0 Å². The van der Waals surface area contributed by atoms with E-state index in [0.717, 1.165) is 11.8 Å². The van der Waals surface area contributed by atoms with Gasteiger partial charge >= 0.3 is 0 Å². The lowest BCUT2D eigenvalue weighted by Gasteiger charge is -2.14. The number of hydrogen-bond donors (Lipinski definition) is 1. The van der Waals surface area contributed by atoms with E-state index in [1.54, 1.807) is 6.92 Å². The highest BCUT2D eigenvalue weighted by Gasteiger charge is 2.23.